The summed E-state index contributed by atoms with van der Waals surface area (Å²) >= 11 is 4.70. The van der Waals surface area contributed by atoms with Crippen LogP contribution < -0.4 is 5.32 Å². The van der Waals surface area contributed by atoms with Gasteiger partial charge < -0.3 is 10.2 Å². The lowest BCUT2D eigenvalue weighted by Crippen LogP contribution is -2.44. The molecule has 0 saturated carbocycles. The lowest BCUT2D eigenvalue weighted by molar-refractivity contribution is -0.131. The van der Waals surface area contributed by atoms with Crippen LogP contribution in [0.15, 0.2) is 67.0 Å². The van der Waals surface area contributed by atoms with Crippen molar-refractivity contribution in [2.75, 3.05) is 13.1 Å². The number of aromatic nitrogens is 1. The molecular formula is C23H25N3OS. The number of hydrogen-bond acceptors (Lipinski definition) is 4. The van der Waals surface area contributed by atoms with Crippen molar-refractivity contribution in [3.63, 3.8) is 0 Å². The Hall–Kier alpha value is -2.37. The van der Waals surface area contributed by atoms with E-state index in [1.165, 1.54) is 16.3 Å². The second kappa shape index (κ2) is 8.76. The molecule has 0 aliphatic carbocycles. The van der Waals surface area contributed by atoms with Crippen molar-refractivity contribution in [1.29, 1.82) is 0 Å². The number of amides is 1. The second-order valence-electron chi connectivity index (χ2n) is 7.37. The number of pyridine rings is 1. The Balaban J connectivity index is 1.59. The molecule has 2 unspecified atom stereocenters. The number of fused-ring (bicyclic) bond motifs is 1. The van der Waals surface area contributed by atoms with Gasteiger partial charge in [-0.15, -0.1) is 0 Å². The van der Waals surface area contributed by atoms with Gasteiger partial charge in [-0.2, -0.15) is 12.6 Å². The summed E-state index contributed by atoms with van der Waals surface area (Å²) in [6, 6.07) is 18.7. The molecule has 1 aliphatic rings. The Labute approximate surface area is 171 Å². The molecule has 4 rings (SSSR count). The van der Waals surface area contributed by atoms with E-state index in [9.17, 15) is 4.79 Å². The highest BCUT2D eigenvalue weighted by molar-refractivity contribution is 7.81. The first kappa shape index (κ1) is 19.0. The molecule has 144 valence electrons. The van der Waals surface area contributed by atoms with Crippen molar-refractivity contribution in [3.8, 4) is 0 Å². The molecule has 1 aromatic heterocycles. The third-order valence-electron chi connectivity index (χ3n) is 5.40. The zero-order valence-corrected chi connectivity index (χ0v) is 16.7. The van der Waals surface area contributed by atoms with Crippen LogP contribution >= 0.6 is 12.6 Å². The SMILES string of the molecule is O=C(Cc1cccnc1)N(Cc1cccc2ccccc12)CC1NCCC1S. The first-order valence-corrected chi connectivity index (χ1v) is 10.3. The van der Waals surface area contributed by atoms with Crippen molar-refractivity contribution in [3.05, 3.63) is 78.1 Å². The van der Waals surface area contributed by atoms with E-state index in [0.717, 1.165) is 18.5 Å². The average molecular weight is 392 g/mol. The van der Waals surface area contributed by atoms with Crippen molar-refractivity contribution in [2.45, 2.75) is 30.7 Å². The zero-order chi connectivity index (χ0) is 19.3. The molecule has 1 aliphatic heterocycles. The molecular weight excluding hydrogens is 366 g/mol. The molecule has 1 fully saturated rings. The number of nitrogens with one attached hydrogen (secondary N) is 1. The van der Waals surface area contributed by atoms with Crippen LogP contribution in [0.5, 0.6) is 0 Å². The quantitative estimate of drug-likeness (QED) is 0.633. The third-order valence-corrected chi connectivity index (χ3v) is 6.02. The summed E-state index contributed by atoms with van der Waals surface area (Å²) in [5.74, 6) is 0.121. The van der Waals surface area contributed by atoms with Crippen LogP contribution in [0.25, 0.3) is 10.8 Å². The predicted molar refractivity (Wildman–Crippen MR) is 116 cm³/mol. The molecule has 2 atom stereocenters. The number of nitrogens with zero attached hydrogens (tertiary/aromatic N) is 2. The maximum atomic E-state index is 13.2. The van der Waals surface area contributed by atoms with Gasteiger partial charge in [-0.1, -0.05) is 48.5 Å². The fraction of sp³-hybridized carbons (Fsp3) is 0.304. The normalized spacial score (nSPS) is 19.0. The van der Waals surface area contributed by atoms with E-state index in [4.69, 9.17) is 12.6 Å². The molecule has 28 heavy (non-hydrogen) atoms. The molecule has 0 bridgehead atoms. The fourth-order valence-electron chi connectivity index (χ4n) is 3.86. The van der Waals surface area contributed by atoms with E-state index in [1.807, 2.05) is 23.1 Å². The summed E-state index contributed by atoms with van der Waals surface area (Å²) in [5.41, 5.74) is 2.11. The highest BCUT2D eigenvalue weighted by Gasteiger charge is 2.28. The first-order valence-electron chi connectivity index (χ1n) is 9.75. The molecule has 0 spiro atoms. The minimum atomic E-state index is 0.121. The van der Waals surface area contributed by atoms with Gasteiger partial charge >= 0.3 is 0 Å². The van der Waals surface area contributed by atoms with E-state index < -0.39 is 0 Å². The lowest BCUT2D eigenvalue weighted by atomic mass is 10.0. The van der Waals surface area contributed by atoms with E-state index in [2.05, 4.69) is 46.7 Å². The molecule has 0 radical (unpaired) electrons. The maximum Gasteiger partial charge on any atom is 0.227 e. The van der Waals surface area contributed by atoms with Crippen LogP contribution in [0.3, 0.4) is 0 Å². The highest BCUT2D eigenvalue weighted by atomic mass is 32.1. The van der Waals surface area contributed by atoms with Crippen LogP contribution in [-0.4, -0.2) is 40.2 Å². The van der Waals surface area contributed by atoms with Gasteiger partial charge in [-0.25, -0.2) is 0 Å². The van der Waals surface area contributed by atoms with Crippen LogP contribution in [0.1, 0.15) is 17.5 Å². The Morgan fingerprint density at radius 1 is 1.14 bits per heavy atom. The largest absolute Gasteiger partial charge is 0.336 e. The van der Waals surface area contributed by atoms with Crippen LogP contribution in [0, 0.1) is 0 Å². The van der Waals surface area contributed by atoms with Crippen LogP contribution in [0.2, 0.25) is 0 Å². The molecule has 1 saturated heterocycles. The highest BCUT2D eigenvalue weighted by Crippen LogP contribution is 2.22. The first-order chi connectivity index (χ1) is 13.7. The van der Waals surface area contributed by atoms with E-state index in [0.29, 0.717) is 19.5 Å². The number of benzene rings is 2. The summed E-state index contributed by atoms with van der Waals surface area (Å²) in [4.78, 5) is 19.3. The van der Waals surface area contributed by atoms with Gasteiger partial charge in [0.25, 0.3) is 0 Å². The number of carbonyl (C=O) groups excluding carboxylic acids is 1. The number of thiol groups is 1. The van der Waals surface area contributed by atoms with Gasteiger partial charge in [0, 0.05) is 36.8 Å². The minimum absolute atomic E-state index is 0.121. The van der Waals surface area contributed by atoms with Crippen molar-refractivity contribution in [1.82, 2.24) is 15.2 Å². The number of hydrogen-bond donors (Lipinski definition) is 2. The molecule has 3 aromatic rings. The minimum Gasteiger partial charge on any atom is -0.336 e. The average Bonchev–Trinajstić information content (AvgIpc) is 3.13. The smallest absolute Gasteiger partial charge is 0.227 e. The third kappa shape index (κ3) is 4.37. The Morgan fingerprint density at radius 2 is 2.00 bits per heavy atom. The van der Waals surface area contributed by atoms with Crippen molar-refractivity contribution < 1.29 is 4.79 Å². The van der Waals surface area contributed by atoms with E-state index in [1.54, 1.807) is 12.4 Å². The van der Waals surface area contributed by atoms with Gasteiger partial charge in [0.2, 0.25) is 5.91 Å². The molecule has 5 heteroatoms. The van der Waals surface area contributed by atoms with Crippen LogP contribution in [0.4, 0.5) is 0 Å². The Morgan fingerprint density at radius 3 is 2.79 bits per heavy atom. The zero-order valence-electron chi connectivity index (χ0n) is 15.8. The molecule has 1 amide bonds. The molecule has 1 N–H and O–H groups in total. The number of carbonyl (C=O) groups is 1. The molecule has 2 heterocycles. The summed E-state index contributed by atoms with van der Waals surface area (Å²) in [5, 5.41) is 6.17. The summed E-state index contributed by atoms with van der Waals surface area (Å²) in [6.45, 7) is 2.22. The fourth-order valence-corrected chi connectivity index (χ4v) is 4.19. The van der Waals surface area contributed by atoms with Crippen molar-refractivity contribution in [2.24, 2.45) is 0 Å². The number of rotatable bonds is 6. The molecule has 4 nitrogen and oxygen atoms in total. The van der Waals surface area contributed by atoms with Gasteiger partial charge in [-0.05, 0) is 40.9 Å². The van der Waals surface area contributed by atoms with E-state index >= 15 is 0 Å². The van der Waals surface area contributed by atoms with Crippen molar-refractivity contribution >= 4 is 29.3 Å². The monoisotopic (exact) mass is 391 g/mol. The predicted octanol–water partition coefficient (Wildman–Crippen LogP) is 3.47. The van der Waals surface area contributed by atoms with Gasteiger partial charge in [0.1, 0.15) is 0 Å². The van der Waals surface area contributed by atoms with Gasteiger partial charge in [0.15, 0.2) is 0 Å². The Bertz CT molecular complexity index is 941. The molecule has 2 aromatic carbocycles. The summed E-state index contributed by atoms with van der Waals surface area (Å²) in [6.07, 6.45) is 4.90. The maximum absolute atomic E-state index is 13.2. The van der Waals surface area contributed by atoms with Crippen LogP contribution in [-0.2, 0) is 17.8 Å². The topological polar surface area (TPSA) is 45.2 Å². The Kier molecular flexibility index (Phi) is 5.93. The lowest BCUT2D eigenvalue weighted by Gasteiger charge is -2.28. The van der Waals surface area contributed by atoms with E-state index in [-0.39, 0.29) is 17.2 Å². The summed E-state index contributed by atoms with van der Waals surface area (Å²) in [7, 11) is 0. The summed E-state index contributed by atoms with van der Waals surface area (Å²) < 4.78 is 0. The van der Waals surface area contributed by atoms with Gasteiger partial charge in [-0.3, -0.25) is 9.78 Å². The second-order valence-corrected chi connectivity index (χ2v) is 8.03. The van der Waals surface area contributed by atoms with Gasteiger partial charge in [0.05, 0.1) is 6.42 Å². The standard InChI is InChI=1S/C23H25N3OS/c27-23(13-17-5-4-11-24-14-17)26(16-21-22(28)10-12-25-21)15-19-8-3-7-18-6-1-2-9-20(18)19/h1-9,11,14,21-22,25,28H,10,12-13,15-16H2.